The average molecular weight is 272 g/mol. The molecule has 1 saturated carbocycles. The largest absolute Gasteiger partial charge is 0.394 e. The number of carbonyl (C=O) groups excluding carboxylic acids is 1. The summed E-state index contributed by atoms with van der Waals surface area (Å²) in [6.45, 7) is -0.0729. The number of rotatable bonds is 3. The lowest BCUT2D eigenvalue weighted by Crippen LogP contribution is -2.56. The Kier molecular flexibility index (Phi) is 3.06. The summed E-state index contributed by atoms with van der Waals surface area (Å²) in [5, 5.41) is 12.8. The molecule has 0 radical (unpaired) electrons. The van der Waals surface area contributed by atoms with E-state index in [0.717, 1.165) is 19.3 Å². The normalized spacial score (nSPS) is 16.6. The second-order valence-electron chi connectivity index (χ2n) is 5.34. The van der Waals surface area contributed by atoms with Crippen LogP contribution in [-0.4, -0.2) is 28.1 Å². The number of benzene rings is 1. The number of hydrogen-bond donors (Lipinski definition) is 3. The fraction of sp³-hybridized carbons (Fsp3) is 0.333. The van der Waals surface area contributed by atoms with E-state index >= 15 is 0 Å². The molecule has 1 heterocycles. The number of nitrogens with one attached hydrogen (secondary N) is 2. The van der Waals surface area contributed by atoms with E-state index in [0.29, 0.717) is 10.9 Å². The quantitative estimate of drug-likeness (QED) is 0.784. The van der Waals surface area contributed by atoms with E-state index in [1.807, 2.05) is 0 Å². The molecule has 1 aliphatic rings. The summed E-state index contributed by atoms with van der Waals surface area (Å²) in [6.07, 6.45) is 2.54. The third-order valence-electron chi connectivity index (χ3n) is 3.97. The lowest BCUT2D eigenvalue weighted by molar-refractivity contribution is 0.0638. The molecule has 3 rings (SSSR count). The predicted molar refractivity (Wildman–Crippen MR) is 75.7 cm³/mol. The third kappa shape index (κ3) is 2.10. The van der Waals surface area contributed by atoms with Gasteiger partial charge in [-0.05, 0) is 31.4 Å². The number of aromatic amines is 1. The zero-order valence-corrected chi connectivity index (χ0v) is 11.0. The first-order valence-electron chi connectivity index (χ1n) is 6.69. The van der Waals surface area contributed by atoms with Crippen molar-refractivity contribution in [2.75, 3.05) is 6.61 Å². The van der Waals surface area contributed by atoms with E-state index in [1.54, 1.807) is 24.3 Å². The summed E-state index contributed by atoms with van der Waals surface area (Å²) < 4.78 is 0. The van der Waals surface area contributed by atoms with Crippen molar-refractivity contribution in [1.29, 1.82) is 0 Å². The van der Waals surface area contributed by atoms with Gasteiger partial charge in [0.25, 0.3) is 5.91 Å². The predicted octanol–water partition coefficient (Wildman–Crippen LogP) is 1.17. The molecule has 5 nitrogen and oxygen atoms in total. The molecule has 1 aliphatic carbocycles. The van der Waals surface area contributed by atoms with Gasteiger partial charge < -0.3 is 15.4 Å². The van der Waals surface area contributed by atoms with E-state index in [9.17, 15) is 14.7 Å². The highest BCUT2D eigenvalue weighted by atomic mass is 16.3. The molecular formula is C15H16N2O3. The summed E-state index contributed by atoms with van der Waals surface area (Å²) >= 11 is 0. The minimum absolute atomic E-state index is 0.0729. The van der Waals surface area contributed by atoms with Crippen molar-refractivity contribution < 1.29 is 9.90 Å². The van der Waals surface area contributed by atoms with Crippen molar-refractivity contribution in [1.82, 2.24) is 10.3 Å². The minimum atomic E-state index is -0.514. The summed E-state index contributed by atoms with van der Waals surface area (Å²) in [4.78, 5) is 27.2. The number of para-hydroxylation sites is 1. The van der Waals surface area contributed by atoms with Gasteiger partial charge in [-0.15, -0.1) is 0 Å². The summed E-state index contributed by atoms with van der Waals surface area (Å²) in [6, 6.07) is 8.38. The monoisotopic (exact) mass is 272 g/mol. The zero-order valence-electron chi connectivity index (χ0n) is 11.0. The van der Waals surface area contributed by atoms with Crippen LogP contribution in [0.15, 0.2) is 35.1 Å². The molecule has 0 spiro atoms. The van der Waals surface area contributed by atoms with Gasteiger partial charge in [-0.2, -0.15) is 0 Å². The topological polar surface area (TPSA) is 82.2 Å². The zero-order chi connectivity index (χ0) is 14.2. The molecule has 1 aromatic carbocycles. The van der Waals surface area contributed by atoms with Gasteiger partial charge in [-0.1, -0.05) is 12.1 Å². The van der Waals surface area contributed by atoms with Crippen molar-refractivity contribution in [2.24, 2.45) is 0 Å². The molecule has 2 aromatic rings. The number of fused-ring (bicyclic) bond motifs is 1. The van der Waals surface area contributed by atoms with Gasteiger partial charge in [0.1, 0.15) is 5.69 Å². The standard InChI is InChI=1S/C15H16N2O3/c18-9-15(6-3-7-15)17-14(20)12-8-13(19)10-4-1-2-5-11(10)16-12/h1-2,4-5,8,18H,3,6-7,9H2,(H,16,19)(H,17,20). The smallest absolute Gasteiger partial charge is 0.268 e. The SMILES string of the molecule is O=C(NC1(CO)CCC1)c1cc(=O)c2ccccc2[nH]1. The van der Waals surface area contributed by atoms with Crippen LogP contribution in [-0.2, 0) is 0 Å². The molecule has 3 N–H and O–H groups in total. The van der Waals surface area contributed by atoms with Crippen LogP contribution in [0.25, 0.3) is 10.9 Å². The number of amides is 1. The van der Waals surface area contributed by atoms with Gasteiger partial charge in [0, 0.05) is 17.0 Å². The van der Waals surface area contributed by atoms with E-state index in [1.165, 1.54) is 6.07 Å². The Balaban J connectivity index is 1.94. The fourth-order valence-electron chi connectivity index (χ4n) is 2.55. The second-order valence-corrected chi connectivity index (χ2v) is 5.34. The molecule has 0 saturated heterocycles. The molecule has 0 unspecified atom stereocenters. The van der Waals surface area contributed by atoms with Gasteiger partial charge >= 0.3 is 0 Å². The Labute approximate surface area is 115 Å². The second kappa shape index (κ2) is 4.76. The van der Waals surface area contributed by atoms with Crippen molar-refractivity contribution in [3.8, 4) is 0 Å². The van der Waals surface area contributed by atoms with Crippen LogP contribution in [0.2, 0.25) is 0 Å². The van der Waals surface area contributed by atoms with Gasteiger partial charge in [0.2, 0.25) is 0 Å². The molecule has 104 valence electrons. The molecule has 5 heteroatoms. The van der Waals surface area contributed by atoms with E-state index in [4.69, 9.17) is 0 Å². The Morgan fingerprint density at radius 2 is 2.10 bits per heavy atom. The average Bonchev–Trinajstić information content (AvgIpc) is 2.42. The van der Waals surface area contributed by atoms with Crippen molar-refractivity contribution in [3.63, 3.8) is 0 Å². The van der Waals surface area contributed by atoms with Crippen LogP contribution in [0.4, 0.5) is 0 Å². The lowest BCUT2D eigenvalue weighted by atomic mass is 9.77. The molecule has 1 fully saturated rings. The number of pyridine rings is 1. The first kappa shape index (κ1) is 12.9. The van der Waals surface area contributed by atoms with Gasteiger partial charge in [-0.3, -0.25) is 9.59 Å². The Bertz CT molecular complexity index is 711. The highest BCUT2D eigenvalue weighted by molar-refractivity contribution is 5.95. The Hall–Kier alpha value is -2.14. The molecule has 0 bridgehead atoms. The van der Waals surface area contributed by atoms with Crippen LogP contribution < -0.4 is 10.7 Å². The maximum absolute atomic E-state index is 12.2. The van der Waals surface area contributed by atoms with Crippen LogP contribution in [0, 0.1) is 0 Å². The van der Waals surface area contributed by atoms with Crippen LogP contribution in [0.3, 0.4) is 0 Å². The van der Waals surface area contributed by atoms with Gasteiger partial charge in [0.15, 0.2) is 5.43 Å². The summed E-state index contributed by atoms with van der Waals surface area (Å²) in [5.41, 5.74) is 0.168. The molecule has 1 amide bonds. The van der Waals surface area contributed by atoms with E-state index in [-0.39, 0.29) is 23.6 Å². The van der Waals surface area contributed by atoms with Crippen LogP contribution >= 0.6 is 0 Å². The number of carbonyl (C=O) groups is 1. The van der Waals surface area contributed by atoms with Crippen molar-refractivity contribution >= 4 is 16.8 Å². The maximum atomic E-state index is 12.2. The number of aliphatic hydroxyl groups is 1. The molecule has 0 aliphatic heterocycles. The van der Waals surface area contributed by atoms with E-state index in [2.05, 4.69) is 10.3 Å². The summed E-state index contributed by atoms with van der Waals surface area (Å²) in [7, 11) is 0. The molecule has 1 aromatic heterocycles. The highest BCUT2D eigenvalue weighted by Gasteiger charge is 2.38. The van der Waals surface area contributed by atoms with Crippen molar-refractivity contribution in [2.45, 2.75) is 24.8 Å². The van der Waals surface area contributed by atoms with Gasteiger partial charge in [0.05, 0.1) is 12.1 Å². The Morgan fingerprint density at radius 1 is 1.35 bits per heavy atom. The maximum Gasteiger partial charge on any atom is 0.268 e. The number of H-pyrrole nitrogens is 1. The van der Waals surface area contributed by atoms with E-state index < -0.39 is 5.54 Å². The first-order chi connectivity index (χ1) is 9.63. The fourth-order valence-corrected chi connectivity index (χ4v) is 2.55. The van der Waals surface area contributed by atoms with Crippen LogP contribution in [0.5, 0.6) is 0 Å². The number of aromatic nitrogens is 1. The number of hydrogen-bond acceptors (Lipinski definition) is 3. The summed E-state index contributed by atoms with van der Waals surface area (Å²) in [5.74, 6) is -0.346. The van der Waals surface area contributed by atoms with Crippen LogP contribution in [0.1, 0.15) is 29.8 Å². The molecular weight excluding hydrogens is 256 g/mol. The highest BCUT2D eigenvalue weighted by Crippen LogP contribution is 2.31. The van der Waals surface area contributed by atoms with Gasteiger partial charge in [-0.25, -0.2) is 0 Å². The lowest BCUT2D eigenvalue weighted by Gasteiger charge is -2.40. The minimum Gasteiger partial charge on any atom is -0.394 e. The molecule has 20 heavy (non-hydrogen) atoms. The number of aliphatic hydroxyl groups excluding tert-OH is 1. The molecule has 0 atom stereocenters. The van der Waals surface area contributed by atoms with Crippen molar-refractivity contribution in [3.05, 3.63) is 46.2 Å². The third-order valence-corrected chi connectivity index (χ3v) is 3.97. The Morgan fingerprint density at radius 3 is 2.75 bits per heavy atom. The first-order valence-corrected chi connectivity index (χ1v) is 6.69.